The van der Waals surface area contributed by atoms with Crippen LogP contribution < -0.4 is 0 Å². The van der Waals surface area contributed by atoms with Crippen LogP contribution in [-0.4, -0.2) is 52.0 Å². The van der Waals surface area contributed by atoms with Crippen LogP contribution in [-0.2, 0) is 4.79 Å². The van der Waals surface area contributed by atoms with Gasteiger partial charge in [-0.15, -0.1) is 0 Å². The Morgan fingerprint density at radius 2 is 2.19 bits per heavy atom. The number of amides is 1. The van der Waals surface area contributed by atoms with E-state index in [1.165, 1.54) is 12.3 Å². The molecule has 1 atom stereocenters. The van der Waals surface area contributed by atoms with Crippen LogP contribution in [0.15, 0.2) is 24.4 Å². The number of nitrogens with zero attached hydrogens (tertiary/aromatic N) is 2. The maximum Gasteiger partial charge on any atom is 0.328 e. The van der Waals surface area contributed by atoms with Crippen LogP contribution in [0.25, 0.3) is 6.08 Å². The van der Waals surface area contributed by atoms with Gasteiger partial charge in [0.1, 0.15) is 5.69 Å². The summed E-state index contributed by atoms with van der Waals surface area (Å²) in [5.41, 5.74) is 1.01. The number of aliphatic carboxylic acids is 1. The molecule has 1 aromatic heterocycles. The van der Waals surface area contributed by atoms with Crippen LogP contribution in [0.5, 0.6) is 0 Å². The molecular formula is C15H20N2O3S. The van der Waals surface area contributed by atoms with E-state index in [2.05, 4.69) is 4.98 Å². The molecule has 1 unspecified atom stereocenters. The second-order valence-corrected chi connectivity index (χ2v) is 5.68. The quantitative estimate of drug-likeness (QED) is 0.783. The lowest BCUT2D eigenvalue weighted by molar-refractivity contribution is -0.131. The van der Waals surface area contributed by atoms with Gasteiger partial charge in [0.15, 0.2) is 0 Å². The topological polar surface area (TPSA) is 70.5 Å². The Bertz CT molecular complexity index is 514. The summed E-state index contributed by atoms with van der Waals surface area (Å²) in [6, 6.07) is 3.44. The Morgan fingerprint density at radius 1 is 1.48 bits per heavy atom. The molecule has 0 fully saturated rings. The fourth-order valence-corrected chi connectivity index (χ4v) is 2.24. The van der Waals surface area contributed by atoms with E-state index in [1.807, 2.05) is 13.2 Å². The molecule has 5 nitrogen and oxygen atoms in total. The molecule has 6 heteroatoms. The summed E-state index contributed by atoms with van der Waals surface area (Å²) in [7, 11) is 1.77. The van der Waals surface area contributed by atoms with Gasteiger partial charge < -0.3 is 10.0 Å². The first-order valence-corrected chi connectivity index (χ1v) is 7.98. The van der Waals surface area contributed by atoms with Gasteiger partial charge in [-0.2, -0.15) is 11.8 Å². The van der Waals surface area contributed by atoms with Crippen LogP contribution in [0.2, 0.25) is 0 Å². The summed E-state index contributed by atoms with van der Waals surface area (Å²) < 4.78 is 0. The van der Waals surface area contributed by atoms with Gasteiger partial charge in [-0.05, 0) is 43.1 Å². The minimum absolute atomic E-state index is 0.127. The third-order valence-corrected chi connectivity index (χ3v) is 3.79. The van der Waals surface area contributed by atoms with Crippen molar-refractivity contribution in [2.75, 3.05) is 19.1 Å². The largest absolute Gasteiger partial charge is 0.478 e. The zero-order valence-corrected chi connectivity index (χ0v) is 13.3. The number of pyridine rings is 1. The Kier molecular flexibility index (Phi) is 6.94. The van der Waals surface area contributed by atoms with Gasteiger partial charge in [-0.3, -0.25) is 9.78 Å². The molecule has 21 heavy (non-hydrogen) atoms. The van der Waals surface area contributed by atoms with Crippen LogP contribution in [0.4, 0.5) is 0 Å². The first-order chi connectivity index (χ1) is 9.95. The number of hydrogen-bond donors (Lipinski definition) is 1. The Morgan fingerprint density at radius 3 is 2.71 bits per heavy atom. The zero-order valence-electron chi connectivity index (χ0n) is 12.4. The first-order valence-electron chi connectivity index (χ1n) is 6.59. The minimum Gasteiger partial charge on any atom is -0.478 e. The molecule has 0 radical (unpaired) electrons. The number of hydrogen-bond acceptors (Lipinski definition) is 4. The summed E-state index contributed by atoms with van der Waals surface area (Å²) in [5, 5.41) is 8.55. The van der Waals surface area contributed by atoms with Crippen LogP contribution >= 0.6 is 11.8 Å². The Labute approximate surface area is 129 Å². The average molecular weight is 308 g/mol. The van der Waals surface area contributed by atoms with Crippen molar-refractivity contribution < 1.29 is 14.7 Å². The third kappa shape index (κ3) is 5.59. The molecule has 0 aliphatic heterocycles. The molecule has 1 N–H and O–H groups in total. The van der Waals surface area contributed by atoms with Gasteiger partial charge in [0, 0.05) is 25.4 Å². The molecule has 0 aromatic carbocycles. The van der Waals surface area contributed by atoms with E-state index >= 15 is 0 Å². The SMILES string of the molecule is CSCCC(C)N(C)C(=O)c1ccc(/C=C/C(=O)O)cn1. The lowest BCUT2D eigenvalue weighted by Crippen LogP contribution is -2.35. The van der Waals surface area contributed by atoms with E-state index in [0.717, 1.165) is 18.2 Å². The lowest BCUT2D eigenvalue weighted by Gasteiger charge is -2.24. The standard InChI is InChI=1S/C15H20N2O3S/c1-11(8-9-21-3)17(2)15(20)13-6-4-12(10-16-13)5-7-14(18)19/h4-7,10-11H,8-9H2,1-3H3,(H,18,19)/b7-5+. The van der Waals surface area contributed by atoms with Gasteiger partial charge in [0.2, 0.25) is 0 Å². The normalized spacial score (nSPS) is 12.3. The monoisotopic (exact) mass is 308 g/mol. The van der Waals surface area contributed by atoms with Crippen molar-refractivity contribution in [3.05, 3.63) is 35.7 Å². The Balaban J connectivity index is 2.72. The molecule has 0 spiro atoms. The molecule has 1 amide bonds. The highest BCUT2D eigenvalue weighted by Crippen LogP contribution is 2.10. The molecule has 1 aromatic rings. The molecule has 0 aliphatic carbocycles. The van der Waals surface area contributed by atoms with Crippen LogP contribution in [0.1, 0.15) is 29.4 Å². The van der Waals surface area contributed by atoms with E-state index < -0.39 is 5.97 Å². The maximum atomic E-state index is 12.3. The first kappa shape index (κ1) is 17.2. The summed E-state index contributed by atoms with van der Waals surface area (Å²) >= 11 is 1.76. The minimum atomic E-state index is -1.02. The van der Waals surface area contributed by atoms with Gasteiger partial charge in [-0.25, -0.2) is 4.79 Å². The average Bonchev–Trinajstić information content (AvgIpc) is 2.49. The van der Waals surface area contributed by atoms with Gasteiger partial charge in [-0.1, -0.05) is 6.07 Å². The van der Waals surface area contributed by atoms with Gasteiger partial charge in [0.25, 0.3) is 5.91 Å². The number of aromatic nitrogens is 1. The van der Waals surface area contributed by atoms with E-state index in [9.17, 15) is 9.59 Å². The molecule has 0 aliphatic rings. The lowest BCUT2D eigenvalue weighted by atomic mass is 10.2. The van der Waals surface area contributed by atoms with Crippen molar-refractivity contribution in [3.63, 3.8) is 0 Å². The highest BCUT2D eigenvalue weighted by Gasteiger charge is 2.17. The van der Waals surface area contributed by atoms with Gasteiger partial charge in [0.05, 0.1) is 0 Å². The fourth-order valence-electron chi connectivity index (χ4n) is 1.66. The summed E-state index contributed by atoms with van der Waals surface area (Å²) in [4.78, 5) is 28.5. The fraction of sp³-hybridized carbons (Fsp3) is 0.400. The van der Waals surface area contributed by atoms with Crippen molar-refractivity contribution in [2.24, 2.45) is 0 Å². The van der Waals surface area contributed by atoms with Crippen molar-refractivity contribution in [3.8, 4) is 0 Å². The van der Waals surface area contributed by atoms with Crippen LogP contribution in [0, 0.1) is 0 Å². The van der Waals surface area contributed by atoms with E-state index in [0.29, 0.717) is 11.3 Å². The van der Waals surface area contributed by atoms with Gasteiger partial charge >= 0.3 is 5.97 Å². The number of rotatable bonds is 7. The zero-order chi connectivity index (χ0) is 15.8. The molecule has 114 valence electrons. The number of thioether (sulfide) groups is 1. The molecule has 1 heterocycles. The predicted molar refractivity (Wildman–Crippen MR) is 85.5 cm³/mol. The van der Waals surface area contributed by atoms with Crippen LogP contribution in [0.3, 0.4) is 0 Å². The third-order valence-electron chi connectivity index (χ3n) is 3.15. The van der Waals surface area contributed by atoms with Crippen molar-refractivity contribution >= 4 is 29.7 Å². The Hall–Kier alpha value is -1.82. The number of carbonyl (C=O) groups is 2. The molecule has 1 rings (SSSR count). The number of carboxylic acid groups (broad SMARTS) is 1. The molecule has 0 saturated heterocycles. The predicted octanol–water partition coefficient (Wildman–Crippen LogP) is 2.39. The van der Waals surface area contributed by atoms with E-state index in [-0.39, 0.29) is 11.9 Å². The van der Waals surface area contributed by atoms with E-state index in [4.69, 9.17) is 5.11 Å². The van der Waals surface area contributed by atoms with Crippen molar-refractivity contribution in [1.82, 2.24) is 9.88 Å². The summed E-state index contributed by atoms with van der Waals surface area (Å²) in [6.45, 7) is 2.01. The number of carbonyl (C=O) groups excluding carboxylic acids is 1. The summed E-state index contributed by atoms with van der Waals surface area (Å²) in [6.07, 6.45) is 6.94. The highest BCUT2D eigenvalue weighted by molar-refractivity contribution is 7.98. The second kappa shape index (κ2) is 8.46. The smallest absolute Gasteiger partial charge is 0.328 e. The highest BCUT2D eigenvalue weighted by atomic mass is 32.2. The van der Waals surface area contributed by atoms with Crippen molar-refractivity contribution in [1.29, 1.82) is 0 Å². The van der Waals surface area contributed by atoms with E-state index in [1.54, 1.807) is 35.8 Å². The second-order valence-electron chi connectivity index (χ2n) is 4.69. The summed E-state index contributed by atoms with van der Waals surface area (Å²) in [5.74, 6) is -0.139. The molecule has 0 bridgehead atoms. The molecular weight excluding hydrogens is 288 g/mol. The molecule has 0 saturated carbocycles. The maximum absolute atomic E-state index is 12.3. The number of carboxylic acids is 1. The van der Waals surface area contributed by atoms with Crippen molar-refractivity contribution in [2.45, 2.75) is 19.4 Å².